The van der Waals surface area contributed by atoms with E-state index in [1.165, 1.54) is 33.4 Å². The maximum Gasteiger partial charge on any atom is 0.340 e. The van der Waals surface area contributed by atoms with E-state index >= 15 is 0 Å². The first kappa shape index (κ1) is 25.2. The number of rotatable bonds is 9. The molecular formula is C24H24N8O5. The molecule has 0 aliphatic heterocycles. The first-order valence-electron chi connectivity index (χ1n) is 11.1. The summed E-state index contributed by atoms with van der Waals surface area (Å²) < 4.78 is 11.2. The van der Waals surface area contributed by atoms with E-state index in [0.717, 1.165) is 5.56 Å². The predicted octanol–water partition coefficient (Wildman–Crippen LogP) is 1.96. The van der Waals surface area contributed by atoms with Crippen LogP contribution in [0.15, 0.2) is 48.7 Å². The number of benzene rings is 2. The molecule has 13 nitrogen and oxygen atoms in total. The molecule has 0 fully saturated rings. The van der Waals surface area contributed by atoms with E-state index in [9.17, 15) is 14.4 Å². The van der Waals surface area contributed by atoms with Gasteiger partial charge < -0.3 is 25.4 Å². The SMILES string of the molecule is COCC(=O)NCc1cccc(-n2nnc3cnc(Nc4ccc(NC(C)=O)c(C(=O)OC)c4)nc32)c1. The smallest absolute Gasteiger partial charge is 0.340 e. The van der Waals surface area contributed by atoms with Crippen molar-refractivity contribution in [3.05, 3.63) is 59.8 Å². The predicted molar refractivity (Wildman–Crippen MR) is 134 cm³/mol. The summed E-state index contributed by atoms with van der Waals surface area (Å²) in [6, 6.07) is 12.2. The minimum atomic E-state index is -0.607. The van der Waals surface area contributed by atoms with Gasteiger partial charge in [-0.3, -0.25) is 9.59 Å². The van der Waals surface area contributed by atoms with Crippen molar-refractivity contribution in [3.8, 4) is 5.69 Å². The number of carbonyl (C=O) groups excluding carboxylic acids is 3. The molecule has 0 spiro atoms. The number of methoxy groups -OCH3 is 2. The van der Waals surface area contributed by atoms with Crippen LogP contribution in [0.2, 0.25) is 0 Å². The molecular weight excluding hydrogens is 480 g/mol. The molecule has 4 aromatic rings. The summed E-state index contributed by atoms with van der Waals surface area (Å²) in [4.78, 5) is 44.2. The number of aromatic nitrogens is 5. The topological polar surface area (TPSA) is 162 Å². The zero-order valence-corrected chi connectivity index (χ0v) is 20.3. The van der Waals surface area contributed by atoms with Gasteiger partial charge in [-0.05, 0) is 35.9 Å². The number of amides is 2. The zero-order chi connectivity index (χ0) is 26.4. The number of esters is 1. The lowest BCUT2D eigenvalue weighted by Crippen LogP contribution is -2.26. The van der Waals surface area contributed by atoms with E-state index in [4.69, 9.17) is 9.47 Å². The molecule has 4 rings (SSSR count). The first-order valence-corrected chi connectivity index (χ1v) is 11.1. The standard InChI is InChI=1S/C24H24N8O5/c1-14(33)27-19-8-7-16(10-18(19)23(35)37-3)28-24-26-12-20-22(29-24)32(31-30-20)17-6-4-5-15(9-17)11-25-21(34)13-36-2/h4-10,12H,11,13H2,1-3H3,(H,25,34)(H,27,33)(H,26,28,29). The third-order valence-corrected chi connectivity index (χ3v) is 5.10. The van der Waals surface area contributed by atoms with Gasteiger partial charge in [0.1, 0.15) is 6.61 Å². The molecule has 0 unspecified atom stereocenters. The Kier molecular flexibility index (Phi) is 7.64. The van der Waals surface area contributed by atoms with Crippen molar-refractivity contribution in [3.63, 3.8) is 0 Å². The Balaban J connectivity index is 1.60. The van der Waals surface area contributed by atoms with E-state index in [2.05, 4.69) is 36.2 Å². The average molecular weight is 505 g/mol. The van der Waals surface area contributed by atoms with Gasteiger partial charge in [-0.2, -0.15) is 9.67 Å². The molecule has 2 heterocycles. The van der Waals surface area contributed by atoms with Gasteiger partial charge in [0.05, 0.1) is 30.2 Å². The number of hydrogen-bond donors (Lipinski definition) is 3. The van der Waals surface area contributed by atoms with Crippen molar-refractivity contribution >= 4 is 46.3 Å². The summed E-state index contributed by atoms with van der Waals surface area (Å²) in [6.45, 7) is 1.65. The highest BCUT2D eigenvalue weighted by Crippen LogP contribution is 2.24. The van der Waals surface area contributed by atoms with Gasteiger partial charge in [0.25, 0.3) is 0 Å². The van der Waals surface area contributed by atoms with Crippen LogP contribution in [0, 0.1) is 0 Å². The summed E-state index contributed by atoms with van der Waals surface area (Å²) in [5, 5.41) is 16.8. The van der Waals surface area contributed by atoms with Crippen LogP contribution in [-0.2, 0) is 25.6 Å². The van der Waals surface area contributed by atoms with Crippen molar-refractivity contribution in [1.29, 1.82) is 0 Å². The number of ether oxygens (including phenoxy) is 2. The number of hydrogen-bond acceptors (Lipinski definition) is 10. The van der Waals surface area contributed by atoms with Crippen molar-refractivity contribution in [2.24, 2.45) is 0 Å². The second kappa shape index (κ2) is 11.2. The number of nitrogens with one attached hydrogen (secondary N) is 3. The van der Waals surface area contributed by atoms with Crippen LogP contribution < -0.4 is 16.0 Å². The number of anilines is 3. The van der Waals surface area contributed by atoms with Crippen LogP contribution >= 0.6 is 0 Å². The van der Waals surface area contributed by atoms with Crippen LogP contribution in [0.5, 0.6) is 0 Å². The third-order valence-electron chi connectivity index (χ3n) is 5.10. The minimum absolute atomic E-state index is 0.0167. The molecule has 3 N–H and O–H groups in total. The lowest BCUT2D eigenvalue weighted by molar-refractivity contribution is -0.124. The van der Waals surface area contributed by atoms with Gasteiger partial charge in [-0.1, -0.05) is 17.3 Å². The van der Waals surface area contributed by atoms with Crippen LogP contribution in [0.4, 0.5) is 17.3 Å². The fourth-order valence-corrected chi connectivity index (χ4v) is 3.47. The molecule has 0 radical (unpaired) electrons. The van der Waals surface area contributed by atoms with Crippen molar-refractivity contribution in [2.75, 3.05) is 31.5 Å². The molecule has 2 amide bonds. The fourth-order valence-electron chi connectivity index (χ4n) is 3.47. The minimum Gasteiger partial charge on any atom is -0.465 e. The monoisotopic (exact) mass is 504 g/mol. The summed E-state index contributed by atoms with van der Waals surface area (Å²) in [5.74, 6) is -0.906. The highest BCUT2D eigenvalue weighted by molar-refractivity contribution is 6.01. The molecule has 0 saturated carbocycles. The highest BCUT2D eigenvalue weighted by Gasteiger charge is 2.15. The second-order valence-electron chi connectivity index (χ2n) is 7.84. The third kappa shape index (κ3) is 6.02. The van der Waals surface area contributed by atoms with Gasteiger partial charge in [0, 0.05) is 26.3 Å². The molecule has 0 bridgehead atoms. The number of nitrogens with zero attached hydrogens (tertiary/aromatic N) is 5. The molecule has 0 saturated heterocycles. The van der Waals surface area contributed by atoms with Gasteiger partial charge in [-0.15, -0.1) is 5.10 Å². The lowest BCUT2D eigenvalue weighted by Gasteiger charge is -2.11. The number of fused-ring (bicyclic) bond motifs is 1. The highest BCUT2D eigenvalue weighted by atomic mass is 16.5. The summed E-state index contributed by atoms with van der Waals surface area (Å²) >= 11 is 0. The molecule has 13 heteroatoms. The molecule has 0 aliphatic rings. The quantitative estimate of drug-likeness (QED) is 0.287. The van der Waals surface area contributed by atoms with Crippen LogP contribution in [-0.4, -0.2) is 63.6 Å². The van der Waals surface area contributed by atoms with E-state index in [-0.39, 0.29) is 29.9 Å². The van der Waals surface area contributed by atoms with Crippen LogP contribution in [0.3, 0.4) is 0 Å². The molecule has 2 aromatic carbocycles. The largest absolute Gasteiger partial charge is 0.465 e. The Morgan fingerprint density at radius 1 is 1.08 bits per heavy atom. The Hall–Kier alpha value is -4.91. The second-order valence-corrected chi connectivity index (χ2v) is 7.84. The van der Waals surface area contributed by atoms with Crippen LogP contribution in [0.1, 0.15) is 22.8 Å². The Bertz CT molecular complexity index is 1470. The normalized spacial score (nSPS) is 10.7. The van der Waals surface area contributed by atoms with Gasteiger partial charge >= 0.3 is 5.97 Å². The van der Waals surface area contributed by atoms with Crippen LogP contribution in [0.25, 0.3) is 16.9 Å². The molecule has 2 aromatic heterocycles. The molecule has 0 aliphatic carbocycles. The Morgan fingerprint density at radius 2 is 1.92 bits per heavy atom. The Labute approximate surface area is 211 Å². The molecule has 0 atom stereocenters. The van der Waals surface area contributed by atoms with Crippen molar-refractivity contribution in [1.82, 2.24) is 30.3 Å². The van der Waals surface area contributed by atoms with Crippen molar-refractivity contribution in [2.45, 2.75) is 13.5 Å². The van der Waals surface area contributed by atoms with E-state index in [1.54, 1.807) is 16.8 Å². The average Bonchev–Trinajstić information content (AvgIpc) is 3.31. The van der Waals surface area contributed by atoms with Gasteiger partial charge in [-0.25, -0.2) is 9.78 Å². The van der Waals surface area contributed by atoms with Crippen molar-refractivity contribution < 1.29 is 23.9 Å². The van der Waals surface area contributed by atoms with E-state index in [0.29, 0.717) is 34.8 Å². The lowest BCUT2D eigenvalue weighted by atomic mass is 10.1. The first-order chi connectivity index (χ1) is 17.9. The maximum absolute atomic E-state index is 12.2. The van der Waals surface area contributed by atoms with Gasteiger partial charge in [0.15, 0.2) is 11.2 Å². The summed E-state index contributed by atoms with van der Waals surface area (Å²) in [6.07, 6.45) is 1.52. The summed E-state index contributed by atoms with van der Waals surface area (Å²) in [7, 11) is 2.72. The molecule has 190 valence electrons. The molecule has 37 heavy (non-hydrogen) atoms. The summed E-state index contributed by atoms with van der Waals surface area (Å²) in [5.41, 5.74) is 3.46. The Morgan fingerprint density at radius 3 is 2.68 bits per heavy atom. The maximum atomic E-state index is 12.2. The van der Waals surface area contributed by atoms with E-state index < -0.39 is 5.97 Å². The number of carbonyl (C=O) groups is 3. The fraction of sp³-hybridized carbons (Fsp3) is 0.208. The van der Waals surface area contributed by atoms with Gasteiger partial charge in [0.2, 0.25) is 17.8 Å². The zero-order valence-electron chi connectivity index (χ0n) is 20.3. The van der Waals surface area contributed by atoms with E-state index in [1.807, 2.05) is 24.3 Å².